The van der Waals surface area contributed by atoms with Crippen LogP contribution in [0, 0.1) is 11.8 Å². The summed E-state index contributed by atoms with van der Waals surface area (Å²) in [6.45, 7) is 3.84. The number of benzene rings is 1. The van der Waals surface area contributed by atoms with Gasteiger partial charge in [0.2, 0.25) is 0 Å². The van der Waals surface area contributed by atoms with Crippen LogP contribution in [-0.4, -0.2) is 18.4 Å². The highest BCUT2D eigenvalue weighted by Gasteiger charge is 2.61. The van der Waals surface area contributed by atoms with Gasteiger partial charge in [-0.2, -0.15) is 0 Å². The summed E-state index contributed by atoms with van der Waals surface area (Å²) in [5, 5.41) is 0. The molecule has 0 spiro atoms. The zero-order valence-electron chi connectivity index (χ0n) is 10.6. The van der Waals surface area contributed by atoms with Crippen molar-refractivity contribution in [1.82, 2.24) is 0 Å². The standard InChI is InChI=1S/C15H16O3/c1-3-18-15(17)14-11-7-9-5-4-6-10(8(2)16)12(9)13(11)14/h4-6,11,13-14H,3,7H2,1-2H3. The molecule has 1 aromatic carbocycles. The average Bonchev–Trinajstić information content (AvgIpc) is 2.91. The molecule has 0 aromatic heterocycles. The molecule has 2 aliphatic rings. The molecule has 2 aliphatic carbocycles. The smallest absolute Gasteiger partial charge is 0.309 e. The number of carbonyl (C=O) groups is 2. The van der Waals surface area contributed by atoms with Crippen molar-refractivity contribution in [3.63, 3.8) is 0 Å². The van der Waals surface area contributed by atoms with E-state index in [2.05, 4.69) is 6.07 Å². The molecule has 0 heterocycles. The monoisotopic (exact) mass is 244 g/mol. The van der Waals surface area contributed by atoms with E-state index in [0.717, 1.165) is 17.5 Å². The van der Waals surface area contributed by atoms with Crippen LogP contribution >= 0.6 is 0 Å². The van der Waals surface area contributed by atoms with E-state index in [1.807, 2.05) is 19.1 Å². The van der Waals surface area contributed by atoms with E-state index in [0.29, 0.717) is 12.5 Å². The minimum absolute atomic E-state index is 0.0158. The first-order valence-corrected chi connectivity index (χ1v) is 6.44. The van der Waals surface area contributed by atoms with E-state index in [4.69, 9.17) is 4.74 Å². The Bertz CT molecular complexity index is 533. The van der Waals surface area contributed by atoms with E-state index in [1.54, 1.807) is 6.92 Å². The normalized spacial score (nSPS) is 27.3. The van der Waals surface area contributed by atoms with Crippen molar-refractivity contribution in [2.75, 3.05) is 6.61 Å². The van der Waals surface area contributed by atoms with Gasteiger partial charge in [-0.15, -0.1) is 0 Å². The molecule has 0 aliphatic heterocycles. The van der Waals surface area contributed by atoms with Crippen LogP contribution in [0.3, 0.4) is 0 Å². The minimum Gasteiger partial charge on any atom is -0.466 e. The van der Waals surface area contributed by atoms with Crippen LogP contribution < -0.4 is 0 Å². The van der Waals surface area contributed by atoms with Crippen LogP contribution in [0.4, 0.5) is 0 Å². The van der Waals surface area contributed by atoms with Gasteiger partial charge in [0.15, 0.2) is 5.78 Å². The Hall–Kier alpha value is -1.64. The maximum Gasteiger partial charge on any atom is 0.309 e. The molecule has 3 heteroatoms. The first kappa shape index (κ1) is 11.5. The Morgan fingerprint density at radius 2 is 2.17 bits per heavy atom. The number of ketones is 1. The molecule has 3 rings (SSSR count). The van der Waals surface area contributed by atoms with Gasteiger partial charge in [-0.25, -0.2) is 0 Å². The zero-order chi connectivity index (χ0) is 12.9. The van der Waals surface area contributed by atoms with Gasteiger partial charge in [0.25, 0.3) is 0 Å². The number of esters is 1. The van der Waals surface area contributed by atoms with E-state index in [1.165, 1.54) is 5.56 Å². The molecule has 0 saturated heterocycles. The van der Waals surface area contributed by atoms with E-state index in [9.17, 15) is 9.59 Å². The summed E-state index contributed by atoms with van der Waals surface area (Å²) >= 11 is 0. The average molecular weight is 244 g/mol. The summed E-state index contributed by atoms with van der Waals surface area (Å²) in [7, 11) is 0. The van der Waals surface area contributed by atoms with Crippen LogP contribution in [0.15, 0.2) is 18.2 Å². The second-order valence-corrected chi connectivity index (χ2v) is 5.11. The van der Waals surface area contributed by atoms with Crippen LogP contribution in [0.1, 0.15) is 41.3 Å². The van der Waals surface area contributed by atoms with Gasteiger partial charge in [-0.05, 0) is 37.3 Å². The van der Waals surface area contributed by atoms with Gasteiger partial charge < -0.3 is 4.74 Å². The van der Waals surface area contributed by atoms with Crippen molar-refractivity contribution < 1.29 is 14.3 Å². The zero-order valence-corrected chi connectivity index (χ0v) is 10.6. The third kappa shape index (κ3) is 1.50. The maximum absolute atomic E-state index is 11.8. The molecule has 0 N–H and O–H groups in total. The summed E-state index contributed by atoms with van der Waals surface area (Å²) in [5.74, 6) is 0.551. The fourth-order valence-electron chi connectivity index (χ4n) is 3.33. The van der Waals surface area contributed by atoms with E-state index >= 15 is 0 Å². The largest absolute Gasteiger partial charge is 0.466 e. The maximum atomic E-state index is 11.8. The number of carbonyl (C=O) groups excluding carboxylic acids is 2. The Labute approximate surface area is 106 Å². The molecule has 1 aromatic rings. The topological polar surface area (TPSA) is 43.4 Å². The predicted molar refractivity (Wildman–Crippen MR) is 66.5 cm³/mol. The Kier molecular flexibility index (Phi) is 2.51. The number of ether oxygens (including phenoxy) is 1. The summed E-state index contributed by atoms with van der Waals surface area (Å²) in [4.78, 5) is 23.5. The second-order valence-electron chi connectivity index (χ2n) is 5.11. The second kappa shape index (κ2) is 3.94. The fourth-order valence-corrected chi connectivity index (χ4v) is 3.33. The fraction of sp³-hybridized carbons (Fsp3) is 0.467. The molecular weight excluding hydrogens is 228 g/mol. The number of fused-ring (bicyclic) bond motifs is 3. The number of rotatable bonds is 3. The van der Waals surface area contributed by atoms with Crippen molar-refractivity contribution in [2.24, 2.45) is 11.8 Å². The summed E-state index contributed by atoms with van der Waals surface area (Å²) < 4.78 is 5.09. The molecule has 18 heavy (non-hydrogen) atoms. The van der Waals surface area contributed by atoms with Crippen molar-refractivity contribution in [3.8, 4) is 0 Å². The highest BCUT2D eigenvalue weighted by molar-refractivity contribution is 5.97. The SMILES string of the molecule is CCOC(=O)C1C2Cc3cccc(C(C)=O)c3C21. The molecular formula is C15H16O3. The number of hydrogen-bond acceptors (Lipinski definition) is 3. The molecule has 3 nitrogen and oxygen atoms in total. The van der Waals surface area contributed by atoms with Gasteiger partial charge in [-0.3, -0.25) is 9.59 Å². The molecule has 3 atom stereocenters. The van der Waals surface area contributed by atoms with Crippen molar-refractivity contribution >= 4 is 11.8 Å². The molecule has 1 saturated carbocycles. The molecule has 3 unspecified atom stereocenters. The highest BCUT2D eigenvalue weighted by atomic mass is 16.5. The quantitative estimate of drug-likeness (QED) is 0.605. The number of Topliss-reactive ketones (excluding diaryl/α,β-unsaturated/α-hetero) is 1. The molecule has 94 valence electrons. The Morgan fingerprint density at radius 1 is 1.39 bits per heavy atom. The van der Waals surface area contributed by atoms with Gasteiger partial charge in [0, 0.05) is 11.5 Å². The van der Waals surface area contributed by atoms with Gasteiger partial charge in [-0.1, -0.05) is 18.2 Å². The first-order valence-electron chi connectivity index (χ1n) is 6.44. The minimum atomic E-state index is -0.100. The Morgan fingerprint density at radius 3 is 2.83 bits per heavy atom. The number of hydrogen-bond donors (Lipinski definition) is 0. The summed E-state index contributed by atoms with van der Waals surface area (Å²) in [5.41, 5.74) is 3.12. The lowest BCUT2D eigenvalue weighted by molar-refractivity contribution is -0.145. The predicted octanol–water partition coefficient (Wildman–Crippen LogP) is 2.34. The lowest BCUT2D eigenvalue weighted by Gasteiger charge is -2.10. The van der Waals surface area contributed by atoms with E-state index in [-0.39, 0.29) is 23.6 Å². The van der Waals surface area contributed by atoms with E-state index < -0.39 is 0 Å². The lowest BCUT2D eigenvalue weighted by atomic mass is 9.95. The Balaban J connectivity index is 1.93. The van der Waals surface area contributed by atoms with Gasteiger partial charge >= 0.3 is 5.97 Å². The van der Waals surface area contributed by atoms with Crippen LogP contribution in [0.2, 0.25) is 0 Å². The molecule has 0 amide bonds. The first-order chi connectivity index (χ1) is 8.65. The highest BCUT2D eigenvalue weighted by Crippen LogP contribution is 2.62. The molecule has 0 radical (unpaired) electrons. The summed E-state index contributed by atoms with van der Waals surface area (Å²) in [6.07, 6.45) is 0.907. The summed E-state index contributed by atoms with van der Waals surface area (Å²) in [6, 6.07) is 5.86. The molecule has 0 bridgehead atoms. The van der Waals surface area contributed by atoms with Crippen molar-refractivity contribution in [1.29, 1.82) is 0 Å². The van der Waals surface area contributed by atoms with Gasteiger partial charge in [0.1, 0.15) is 0 Å². The van der Waals surface area contributed by atoms with Gasteiger partial charge in [0.05, 0.1) is 12.5 Å². The lowest BCUT2D eigenvalue weighted by Crippen LogP contribution is -2.12. The van der Waals surface area contributed by atoms with Crippen LogP contribution in [-0.2, 0) is 16.0 Å². The van der Waals surface area contributed by atoms with Crippen LogP contribution in [0.5, 0.6) is 0 Å². The van der Waals surface area contributed by atoms with Crippen LogP contribution in [0.25, 0.3) is 0 Å². The third-order valence-corrected chi connectivity index (χ3v) is 4.09. The van der Waals surface area contributed by atoms with Crippen molar-refractivity contribution in [3.05, 3.63) is 34.9 Å². The third-order valence-electron chi connectivity index (χ3n) is 4.09. The van der Waals surface area contributed by atoms with Crippen molar-refractivity contribution in [2.45, 2.75) is 26.2 Å². The molecule has 1 fully saturated rings.